The van der Waals surface area contributed by atoms with Crippen LogP contribution in [0.3, 0.4) is 0 Å². The highest BCUT2D eigenvalue weighted by Gasteiger charge is 2.12. The number of furan rings is 1. The van der Waals surface area contributed by atoms with E-state index >= 15 is 0 Å². The Balaban J connectivity index is 1.67. The molecule has 1 aromatic carbocycles. The zero-order chi connectivity index (χ0) is 13.9. The molecule has 1 atom stereocenters. The molecule has 0 bridgehead atoms. The van der Waals surface area contributed by atoms with Crippen molar-refractivity contribution in [3.63, 3.8) is 0 Å². The van der Waals surface area contributed by atoms with E-state index in [9.17, 15) is 0 Å². The second kappa shape index (κ2) is 5.84. The van der Waals surface area contributed by atoms with E-state index in [1.165, 1.54) is 36.8 Å². The van der Waals surface area contributed by atoms with Crippen molar-refractivity contribution >= 4 is 0 Å². The summed E-state index contributed by atoms with van der Waals surface area (Å²) < 4.78 is 5.48. The summed E-state index contributed by atoms with van der Waals surface area (Å²) in [5.74, 6) is 1.04. The molecule has 2 aromatic rings. The second-order valence-electron chi connectivity index (χ2n) is 5.86. The van der Waals surface area contributed by atoms with Crippen molar-refractivity contribution in [2.75, 3.05) is 0 Å². The first-order chi connectivity index (χ1) is 9.74. The number of aryl methyl sites for hydroxylation is 3. The van der Waals surface area contributed by atoms with Gasteiger partial charge in [-0.2, -0.15) is 0 Å². The minimum atomic E-state index is 0.353. The number of benzene rings is 1. The highest BCUT2D eigenvalue weighted by Crippen LogP contribution is 2.25. The largest absolute Gasteiger partial charge is 0.468 e. The predicted octanol–water partition coefficient (Wildman–Crippen LogP) is 4.32. The van der Waals surface area contributed by atoms with E-state index in [1.54, 1.807) is 17.4 Å². The maximum absolute atomic E-state index is 5.48. The third-order valence-electron chi connectivity index (χ3n) is 4.41. The SMILES string of the molecule is Cc1ccoc1CNC(C)c1ccc2c(c1)CCCC2. The first-order valence-electron chi connectivity index (χ1n) is 7.62. The van der Waals surface area contributed by atoms with Crippen molar-refractivity contribution in [1.29, 1.82) is 0 Å². The van der Waals surface area contributed by atoms with Crippen molar-refractivity contribution < 1.29 is 4.42 Å². The summed E-state index contributed by atoms with van der Waals surface area (Å²) in [4.78, 5) is 0. The number of hydrogen-bond acceptors (Lipinski definition) is 2. The summed E-state index contributed by atoms with van der Waals surface area (Å²) in [6, 6.07) is 9.35. The molecule has 0 amide bonds. The van der Waals surface area contributed by atoms with Gasteiger partial charge in [-0.1, -0.05) is 18.2 Å². The highest BCUT2D eigenvalue weighted by molar-refractivity contribution is 5.35. The Bertz CT molecular complexity index is 585. The molecule has 2 heteroatoms. The normalized spacial score (nSPS) is 15.9. The molecule has 106 valence electrons. The summed E-state index contributed by atoms with van der Waals surface area (Å²) in [7, 11) is 0. The predicted molar refractivity (Wildman–Crippen MR) is 81.8 cm³/mol. The maximum atomic E-state index is 5.48. The van der Waals surface area contributed by atoms with Gasteiger partial charge in [-0.3, -0.25) is 0 Å². The lowest BCUT2D eigenvalue weighted by Crippen LogP contribution is -2.18. The molecule has 1 aliphatic carbocycles. The zero-order valence-electron chi connectivity index (χ0n) is 12.4. The third-order valence-corrected chi connectivity index (χ3v) is 4.41. The van der Waals surface area contributed by atoms with Crippen LogP contribution in [-0.4, -0.2) is 0 Å². The molecule has 1 aromatic heterocycles. The molecule has 1 aliphatic rings. The molecular weight excluding hydrogens is 246 g/mol. The van der Waals surface area contributed by atoms with Crippen LogP contribution in [0.5, 0.6) is 0 Å². The van der Waals surface area contributed by atoms with Crippen LogP contribution in [0.15, 0.2) is 34.9 Å². The Hall–Kier alpha value is -1.54. The smallest absolute Gasteiger partial charge is 0.120 e. The van der Waals surface area contributed by atoms with Gasteiger partial charge in [0.15, 0.2) is 0 Å². The van der Waals surface area contributed by atoms with E-state index in [1.807, 2.05) is 6.07 Å². The number of hydrogen-bond donors (Lipinski definition) is 1. The van der Waals surface area contributed by atoms with Crippen LogP contribution in [0, 0.1) is 6.92 Å². The zero-order valence-corrected chi connectivity index (χ0v) is 12.4. The Morgan fingerprint density at radius 2 is 1.95 bits per heavy atom. The molecule has 1 unspecified atom stereocenters. The highest BCUT2D eigenvalue weighted by atomic mass is 16.3. The van der Waals surface area contributed by atoms with E-state index in [2.05, 4.69) is 37.4 Å². The van der Waals surface area contributed by atoms with Crippen LogP contribution in [0.4, 0.5) is 0 Å². The molecule has 3 rings (SSSR count). The van der Waals surface area contributed by atoms with E-state index in [4.69, 9.17) is 4.42 Å². The van der Waals surface area contributed by atoms with E-state index < -0.39 is 0 Å². The van der Waals surface area contributed by atoms with Gasteiger partial charge in [0.1, 0.15) is 5.76 Å². The maximum Gasteiger partial charge on any atom is 0.120 e. The molecule has 1 heterocycles. The first-order valence-corrected chi connectivity index (χ1v) is 7.62. The van der Waals surface area contributed by atoms with Crippen molar-refractivity contribution in [3.05, 3.63) is 58.5 Å². The van der Waals surface area contributed by atoms with Gasteiger partial charge in [0.2, 0.25) is 0 Å². The Morgan fingerprint density at radius 3 is 2.70 bits per heavy atom. The molecule has 1 N–H and O–H groups in total. The summed E-state index contributed by atoms with van der Waals surface area (Å²) in [5, 5.41) is 3.56. The van der Waals surface area contributed by atoms with Gasteiger partial charge in [0.25, 0.3) is 0 Å². The van der Waals surface area contributed by atoms with Gasteiger partial charge in [-0.15, -0.1) is 0 Å². The van der Waals surface area contributed by atoms with E-state index in [0.29, 0.717) is 6.04 Å². The van der Waals surface area contributed by atoms with Crippen molar-refractivity contribution in [2.45, 2.75) is 52.1 Å². The average molecular weight is 269 g/mol. The van der Waals surface area contributed by atoms with E-state index in [-0.39, 0.29) is 0 Å². The standard InChI is InChI=1S/C18H23NO/c1-13-9-10-20-18(13)12-19-14(2)16-8-7-15-5-3-4-6-17(15)11-16/h7-11,14,19H,3-6,12H2,1-2H3. The van der Waals surface area contributed by atoms with Crippen LogP contribution in [0.2, 0.25) is 0 Å². The molecule has 0 fully saturated rings. The fraction of sp³-hybridized carbons (Fsp3) is 0.444. The molecular formula is C18H23NO. The van der Waals surface area contributed by atoms with Gasteiger partial charge < -0.3 is 9.73 Å². The first kappa shape index (κ1) is 13.4. The lowest BCUT2D eigenvalue weighted by Gasteiger charge is -2.20. The summed E-state index contributed by atoms with van der Waals surface area (Å²) >= 11 is 0. The molecule has 2 nitrogen and oxygen atoms in total. The summed E-state index contributed by atoms with van der Waals surface area (Å²) in [5.41, 5.74) is 5.70. The molecule has 20 heavy (non-hydrogen) atoms. The average Bonchev–Trinajstić information content (AvgIpc) is 2.89. The Kier molecular flexibility index (Phi) is 3.93. The van der Waals surface area contributed by atoms with Crippen molar-refractivity contribution in [1.82, 2.24) is 5.32 Å². The molecule has 0 saturated carbocycles. The molecule has 0 radical (unpaired) electrons. The Labute approximate surface area is 121 Å². The van der Waals surface area contributed by atoms with Gasteiger partial charge >= 0.3 is 0 Å². The molecule has 0 saturated heterocycles. The van der Waals surface area contributed by atoms with Crippen LogP contribution in [0.1, 0.15) is 53.8 Å². The van der Waals surface area contributed by atoms with Crippen molar-refractivity contribution in [2.24, 2.45) is 0 Å². The monoisotopic (exact) mass is 269 g/mol. The summed E-state index contributed by atoms with van der Waals surface area (Å²) in [6.45, 7) is 5.10. The number of nitrogens with one attached hydrogen (secondary N) is 1. The van der Waals surface area contributed by atoms with Gasteiger partial charge in [-0.05, 0) is 67.9 Å². The topological polar surface area (TPSA) is 25.2 Å². The number of rotatable bonds is 4. The van der Waals surface area contributed by atoms with Crippen molar-refractivity contribution in [3.8, 4) is 0 Å². The minimum absolute atomic E-state index is 0.353. The van der Waals surface area contributed by atoms with Crippen LogP contribution in [0.25, 0.3) is 0 Å². The Morgan fingerprint density at radius 1 is 1.15 bits per heavy atom. The van der Waals surface area contributed by atoms with Crippen LogP contribution in [-0.2, 0) is 19.4 Å². The van der Waals surface area contributed by atoms with Crippen LogP contribution < -0.4 is 5.32 Å². The molecule has 0 aliphatic heterocycles. The quantitative estimate of drug-likeness (QED) is 0.894. The molecule has 0 spiro atoms. The third kappa shape index (κ3) is 2.80. The van der Waals surface area contributed by atoms with Gasteiger partial charge in [-0.25, -0.2) is 0 Å². The lowest BCUT2D eigenvalue weighted by atomic mass is 9.89. The van der Waals surface area contributed by atoms with Gasteiger partial charge in [0.05, 0.1) is 12.8 Å². The lowest BCUT2D eigenvalue weighted by molar-refractivity contribution is 0.458. The van der Waals surface area contributed by atoms with E-state index in [0.717, 1.165) is 12.3 Å². The number of fused-ring (bicyclic) bond motifs is 1. The fourth-order valence-electron chi connectivity index (χ4n) is 2.97. The minimum Gasteiger partial charge on any atom is -0.468 e. The fourth-order valence-corrected chi connectivity index (χ4v) is 2.97. The second-order valence-corrected chi connectivity index (χ2v) is 5.86. The van der Waals surface area contributed by atoms with Crippen LogP contribution >= 0.6 is 0 Å². The summed E-state index contributed by atoms with van der Waals surface area (Å²) in [6.07, 6.45) is 6.94. The van der Waals surface area contributed by atoms with Gasteiger partial charge in [0, 0.05) is 6.04 Å².